The van der Waals surface area contributed by atoms with E-state index in [1.807, 2.05) is 11.8 Å². The van der Waals surface area contributed by atoms with Crippen LogP contribution < -0.4 is 9.46 Å². The van der Waals surface area contributed by atoms with Gasteiger partial charge in [0.05, 0.1) is 22.8 Å². The fourth-order valence-electron chi connectivity index (χ4n) is 3.29. The number of carbonyl (C=O) groups is 1. The highest BCUT2D eigenvalue weighted by Crippen LogP contribution is 2.24. The Morgan fingerprint density at radius 2 is 1.64 bits per heavy atom. The molecule has 1 saturated heterocycles. The Bertz CT molecular complexity index is 902. The number of carbonyl (C=O) groups excluding carboxylic acids is 1. The first-order valence-electron chi connectivity index (χ1n) is 9.65. The van der Waals surface area contributed by atoms with Gasteiger partial charge in [-0.05, 0) is 56.2 Å². The average Bonchev–Trinajstić information content (AvgIpc) is 2.98. The zero-order chi connectivity index (χ0) is 20.0. The summed E-state index contributed by atoms with van der Waals surface area (Å²) in [7, 11) is -3.82. The predicted octanol–water partition coefficient (Wildman–Crippen LogP) is 3.90. The topological polar surface area (TPSA) is 75.7 Å². The molecule has 0 bridgehead atoms. The maximum atomic E-state index is 13.0. The first-order chi connectivity index (χ1) is 13.5. The largest absolute Gasteiger partial charge is 0.494 e. The highest BCUT2D eigenvalue weighted by atomic mass is 32.2. The lowest BCUT2D eigenvalue weighted by molar-refractivity contribution is 0.0762. The van der Waals surface area contributed by atoms with Crippen molar-refractivity contribution in [3.05, 3.63) is 54.1 Å². The monoisotopic (exact) mass is 402 g/mol. The van der Waals surface area contributed by atoms with E-state index < -0.39 is 10.0 Å². The molecule has 0 saturated carbocycles. The third-order valence-corrected chi connectivity index (χ3v) is 6.12. The summed E-state index contributed by atoms with van der Waals surface area (Å²) in [5.41, 5.74) is 0.671. The number of hydrogen-bond donors (Lipinski definition) is 1. The van der Waals surface area contributed by atoms with Crippen LogP contribution in [0.3, 0.4) is 0 Å². The number of amides is 1. The molecule has 0 unspecified atom stereocenters. The molecule has 2 aromatic rings. The molecular weight excluding hydrogens is 376 g/mol. The summed E-state index contributed by atoms with van der Waals surface area (Å²) in [4.78, 5) is 14.9. The molecule has 1 aliphatic rings. The van der Waals surface area contributed by atoms with E-state index in [1.165, 1.54) is 12.1 Å². The van der Waals surface area contributed by atoms with Crippen LogP contribution in [0.2, 0.25) is 0 Å². The Morgan fingerprint density at radius 1 is 1.00 bits per heavy atom. The molecule has 2 aromatic carbocycles. The van der Waals surface area contributed by atoms with Crippen LogP contribution in [0, 0.1) is 0 Å². The van der Waals surface area contributed by atoms with Gasteiger partial charge >= 0.3 is 0 Å². The normalized spacial score (nSPS) is 15.0. The minimum atomic E-state index is -3.82. The van der Waals surface area contributed by atoms with Crippen LogP contribution in [0.1, 0.15) is 43.0 Å². The second-order valence-electron chi connectivity index (χ2n) is 6.76. The maximum Gasteiger partial charge on any atom is 0.261 e. The maximum absolute atomic E-state index is 13.0. The number of benzene rings is 2. The zero-order valence-corrected chi connectivity index (χ0v) is 16.9. The van der Waals surface area contributed by atoms with Crippen molar-refractivity contribution in [3.8, 4) is 5.75 Å². The van der Waals surface area contributed by atoms with E-state index in [1.54, 1.807) is 36.4 Å². The quantitative estimate of drug-likeness (QED) is 0.795. The molecule has 1 heterocycles. The molecule has 1 fully saturated rings. The Morgan fingerprint density at radius 3 is 2.29 bits per heavy atom. The Balaban J connectivity index is 1.83. The highest BCUT2D eigenvalue weighted by Gasteiger charge is 2.22. The van der Waals surface area contributed by atoms with Gasteiger partial charge in [-0.25, -0.2) is 8.42 Å². The summed E-state index contributed by atoms with van der Waals surface area (Å²) in [5, 5.41) is 0. The molecule has 150 valence electrons. The molecule has 6 nitrogen and oxygen atoms in total. The minimum absolute atomic E-state index is 0.118. The molecule has 0 aliphatic carbocycles. The van der Waals surface area contributed by atoms with Gasteiger partial charge in [0, 0.05) is 13.1 Å². The van der Waals surface area contributed by atoms with Crippen LogP contribution in [0.4, 0.5) is 5.69 Å². The third kappa shape index (κ3) is 4.84. The predicted molar refractivity (Wildman–Crippen MR) is 109 cm³/mol. The van der Waals surface area contributed by atoms with E-state index in [2.05, 4.69) is 4.72 Å². The summed E-state index contributed by atoms with van der Waals surface area (Å²) in [6.45, 7) is 3.79. The molecular formula is C21H26N2O4S. The molecule has 7 heteroatoms. The summed E-state index contributed by atoms with van der Waals surface area (Å²) in [6, 6.07) is 13.0. The van der Waals surface area contributed by atoms with Gasteiger partial charge in [0.25, 0.3) is 15.9 Å². The molecule has 0 atom stereocenters. The highest BCUT2D eigenvalue weighted by molar-refractivity contribution is 7.92. The lowest BCUT2D eigenvalue weighted by Crippen LogP contribution is -2.32. The number of ether oxygens (including phenoxy) is 1. The van der Waals surface area contributed by atoms with E-state index in [-0.39, 0.29) is 10.8 Å². The molecule has 0 spiro atoms. The van der Waals surface area contributed by atoms with Crippen molar-refractivity contribution >= 4 is 21.6 Å². The van der Waals surface area contributed by atoms with Gasteiger partial charge in [-0.15, -0.1) is 0 Å². The minimum Gasteiger partial charge on any atom is -0.494 e. The Labute approximate surface area is 166 Å². The number of likely N-dealkylation sites (tertiary alicyclic amines) is 1. The molecule has 3 rings (SSSR count). The lowest BCUT2D eigenvalue weighted by atomic mass is 10.1. The van der Waals surface area contributed by atoms with Crippen molar-refractivity contribution in [3.63, 3.8) is 0 Å². The van der Waals surface area contributed by atoms with Crippen molar-refractivity contribution < 1.29 is 17.9 Å². The summed E-state index contributed by atoms with van der Waals surface area (Å²) in [6.07, 6.45) is 4.20. The van der Waals surface area contributed by atoms with Crippen LogP contribution in [0.15, 0.2) is 53.4 Å². The number of para-hydroxylation sites is 1. The summed E-state index contributed by atoms with van der Waals surface area (Å²) in [5.74, 6) is 0.477. The molecule has 0 aromatic heterocycles. The molecule has 1 aliphatic heterocycles. The number of rotatable bonds is 6. The summed E-state index contributed by atoms with van der Waals surface area (Å²) >= 11 is 0. The molecule has 1 N–H and O–H groups in total. The van der Waals surface area contributed by atoms with Crippen LogP contribution in [-0.4, -0.2) is 38.9 Å². The van der Waals surface area contributed by atoms with Gasteiger partial charge in [-0.3, -0.25) is 9.52 Å². The first-order valence-corrected chi connectivity index (χ1v) is 11.1. The fraction of sp³-hybridized carbons (Fsp3) is 0.381. The second-order valence-corrected chi connectivity index (χ2v) is 8.44. The smallest absolute Gasteiger partial charge is 0.261 e. The number of nitrogens with one attached hydrogen (secondary N) is 1. The molecule has 28 heavy (non-hydrogen) atoms. The first kappa shape index (κ1) is 20.2. The van der Waals surface area contributed by atoms with Crippen LogP contribution in [0.5, 0.6) is 5.75 Å². The third-order valence-electron chi connectivity index (χ3n) is 4.74. The SMILES string of the molecule is CCOc1ccc(S(=O)(=O)Nc2ccccc2C(=O)N2CCCCCC2)cc1. The van der Waals surface area contributed by atoms with Gasteiger partial charge in [-0.1, -0.05) is 25.0 Å². The standard InChI is InChI=1S/C21H26N2O4S/c1-2-27-17-11-13-18(14-12-17)28(25,26)22-20-10-6-5-9-19(20)21(24)23-15-7-3-4-8-16-23/h5-6,9-14,22H,2-4,7-8,15-16H2,1H3. The van der Waals surface area contributed by atoms with E-state index in [4.69, 9.17) is 4.74 Å². The lowest BCUT2D eigenvalue weighted by Gasteiger charge is -2.22. The van der Waals surface area contributed by atoms with Crippen molar-refractivity contribution in [2.75, 3.05) is 24.4 Å². The van der Waals surface area contributed by atoms with Gasteiger partial charge in [0.2, 0.25) is 0 Å². The number of hydrogen-bond acceptors (Lipinski definition) is 4. The van der Waals surface area contributed by atoms with Crippen molar-refractivity contribution in [1.29, 1.82) is 0 Å². The average molecular weight is 403 g/mol. The van der Waals surface area contributed by atoms with Gasteiger partial charge in [0.15, 0.2) is 0 Å². The van der Waals surface area contributed by atoms with Crippen LogP contribution in [0.25, 0.3) is 0 Å². The van der Waals surface area contributed by atoms with Crippen molar-refractivity contribution in [2.45, 2.75) is 37.5 Å². The van der Waals surface area contributed by atoms with Crippen molar-refractivity contribution in [2.24, 2.45) is 0 Å². The fourth-order valence-corrected chi connectivity index (χ4v) is 4.37. The summed E-state index contributed by atoms with van der Waals surface area (Å²) < 4.78 is 33.5. The van der Waals surface area contributed by atoms with Gasteiger partial charge < -0.3 is 9.64 Å². The number of nitrogens with zero attached hydrogens (tertiary/aromatic N) is 1. The Hall–Kier alpha value is -2.54. The Kier molecular flexibility index (Phi) is 6.57. The van der Waals surface area contributed by atoms with Crippen LogP contribution >= 0.6 is 0 Å². The second kappa shape index (κ2) is 9.10. The van der Waals surface area contributed by atoms with E-state index in [0.29, 0.717) is 36.7 Å². The zero-order valence-electron chi connectivity index (χ0n) is 16.1. The van der Waals surface area contributed by atoms with Crippen molar-refractivity contribution in [1.82, 2.24) is 4.90 Å². The van der Waals surface area contributed by atoms with E-state index in [0.717, 1.165) is 25.7 Å². The van der Waals surface area contributed by atoms with E-state index in [9.17, 15) is 13.2 Å². The number of anilines is 1. The van der Waals surface area contributed by atoms with Gasteiger partial charge in [-0.2, -0.15) is 0 Å². The van der Waals surface area contributed by atoms with Gasteiger partial charge in [0.1, 0.15) is 5.75 Å². The number of sulfonamides is 1. The molecule has 1 amide bonds. The van der Waals surface area contributed by atoms with Crippen LogP contribution in [-0.2, 0) is 10.0 Å². The van der Waals surface area contributed by atoms with E-state index >= 15 is 0 Å². The molecule has 0 radical (unpaired) electrons.